The van der Waals surface area contributed by atoms with Gasteiger partial charge in [0.15, 0.2) is 11.5 Å². The summed E-state index contributed by atoms with van der Waals surface area (Å²) >= 11 is 0. The first kappa shape index (κ1) is 20.5. The zero-order valence-electron chi connectivity index (χ0n) is 17.6. The van der Waals surface area contributed by atoms with Crippen LogP contribution < -0.4 is 14.8 Å². The molecule has 1 aliphatic heterocycles. The van der Waals surface area contributed by atoms with E-state index in [0.29, 0.717) is 18.6 Å². The molecule has 1 N–H and O–H groups in total. The van der Waals surface area contributed by atoms with Crippen molar-refractivity contribution in [3.63, 3.8) is 0 Å². The molecular formula is C23H33N3O2. The Labute approximate surface area is 169 Å². The fraction of sp³-hybridized carbons (Fsp3) is 0.522. The summed E-state index contributed by atoms with van der Waals surface area (Å²) in [4.78, 5) is 6.78. The van der Waals surface area contributed by atoms with E-state index in [2.05, 4.69) is 53.3 Å². The summed E-state index contributed by atoms with van der Waals surface area (Å²) in [5, 5.41) is 3.65. The zero-order valence-corrected chi connectivity index (χ0v) is 17.6. The van der Waals surface area contributed by atoms with E-state index >= 15 is 0 Å². The molecule has 152 valence electrons. The van der Waals surface area contributed by atoms with E-state index in [1.807, 2.05) is 19.2 Å². The van der Waals surface area contributed by atoms with E-state index < -0.39 is 0 Å². The minimum atomic E-state index is 0.490. The van der Waals surface area contributed by atoms with E-state index in [4.69, 9.17) is 9.47 Å². The SMILES string of the molecule is COc1ccc(CN2CCC(Nc3ccnc(C)c3)CC2)cc1OCC(C)C. The van der Waals surface area contributed by atoms with Gasteiger partial charge < -0.3 is 14.8 Å². The third kappa shape index (κ3) is 5.86. The van der Waals surface area contributed by atoms with Crippen LogP contribution in [0.5, 0.6) is 11.5 Å². The van der Waals surface area contributed by atoms with Crippen LogP contribution in [0.2, 0.25) is 0 Å². The first-order valence-electron chi connectivity index (χ1n) is 10.2. The van der Waals surface area contributed by atoms with Gasteiger partial charge in [-0.25, -0.2) is 0 Å². The molecule has 0 aliphatic carbocycles. The van der Waals surface area contributed by atoms with Crippen molar-refractivity contribution in [1.29, 1.82) is 0 Å². The average Bonchev–Trinajstić information content (AvgIpc) is 2.68. The number of aromatic nitrogens is 1. The highest BCUT2D eigenvalue weighted by Crippen LogP contribution is 2.29. The Morgan fingerprint density at radius 1 is 1.14 bits per heavy atom. The highest BCUT2D eigenvalue weighted by molar-refractivity contribution is 5.44. The Morgan fingerprint density at radius 2 is 1.93 bits per heavy atom. The van der Waals surface area contributed by atoms with Gasteiger partial charge in [-0.3, -0.25) is 9.88 Å². The minimum Gasteiger partial charge on any atom is -0.493 e. The number of hydrogen-bond donors (Lipinski definition) is 1. The van der Waals surface area contributed by atoms with Crippen molar-refractivity contribution in [3.05, 3.63) is 47.8 Å². The monoisotopic (exact) mass is 383 g/mol. The predicted octanol–water partition coefficient (Wildman–Crippen LogP) is 4.51. The highest BCUT2D eigenvalue weighted by atomic mass is 16.5. The van der Waals surface area contributed by atoms with Crippen LogP contribution in [-0.4, -0.2) is 42.7 Å². The van der Waals surface area contributed by atoms with Gasteiger partial charge in [0.1, 0.15) is 0 Å². The smallest absolute Gasteiger partial charge is 0.161 e. The fourth-order valence-electron chi connectivity index (χ4n) is 3.55. The van der Waals surface area contributed by atoms with E-state index in [0.717, 1.165) is 49.7 Å². The molecule has 5 nitrogen and oxygen atoms in total. The Kier molecular flexibility index (Phi) is 7.15. The zero-order chi connectivity index (χ0) is 19.9. The molecule has 5 heteroatoms. The van der Waals surface area contributed by atoms with Gasteiger partial charge in [-0.15, -0.1) is 0 Å². The first-order chi connectivity index (χ1) is 13.5. The maximum absolute atomic E-state index is 5.95. The first-order valence-corrected chi connectivity index (χ1v) is 10.2. The Bertz CT molecular complexity index is 755. The van der Waals surface area contributed by atoms with Gasteiger partial charge in [-0.1, -0.05) is 19.9 Å². The van der Waals surface area contributed by atoms with Crippen molar-refractivity contribution in [3.8, 4) is 11.5 Å². The molecule has 1 aromatic heterocycles. The lowest BCUT2D eigenvalue weighted by molar-refractivity contribution is 0.210. The van der Waals surface area contributed by atoms with Crippen LogP contribution in [0.1, 0.15) is 37.9 Å². The minimum absolute atomic E-state index is 0.490. The molecule has 0 saturated carbocycles. The number of rotatable bonds is 8. The van der Waals surface area contributed by atoms with Gasteiger partial charge in [-0.2, -0.15) is 0 Å². The van der Waals surface area contributed by atoms with Crippen LogP contribution in [0.3, 0.4) is 0 Å². The van der Waals surface area contributed by atoms with Crippen LogP contribution in [0.25, 0.3) is 0 Å². The summed E-state index contributed by atoms with van der Waals surface area (Å²) in [5.41, 5.74) is 3.50. The summed E-state index contributed by atoms with van der Waals surface area (Å²) in [6, 6.07) is 11.0. The van der Waals surface area contributed by atoms with Crippen molar-refractivity contribution < 1.29 is 9.47 Å². The third-order valence-corrected chi connectivity index (χ3v) is 5.06. The van der Waals surface area contributed by atoms with E-state index in [1.165, 1.54) is 11.3 Å². The summed E-state index contributed by atoms with van der Waals surface area (Å²) in [7, 11) is 1.69. The van der Waals surface area contributed by atoms with Gasteiger partial charge >= 0.3 is 0 Å². The van der Waals surface area contributed by atoms with E-state index in [-0.39, 0.29) is 0 Å². The molecule has 0 radical (unpaired) electrons. The quantitative estimate of drug-likeness (QED) is 0.727. The van der Waals surface area contributed by atoms with Crippen LogP contribution in [-0.2, 0) is 6.54 Å². The van der Waals surface area contributed by atoms with Crippen LogP contribution in [0, 0.1) is 12.8 Å². The second-order valence-corrected chi connectivity index (χ2v) is 8.07. The van der Waals surface area contributed by atoms with Crippen molar-refractivity contribution in [2.24, 2.45) is 5.92 Å². The third-order valence-electron chi connectivity index (χ3n) is 5.06. The fourth-order valence-corrected chi connectivity index (χ4v) is 3.55. The molecule has 1 aromatic carbocycles. The van der Waals surface area contributed by atoms with E-state index in [1.54, 1.807) is 7.11 Å². The number of pyridine rings is 1. The lowest BCUT2D eigenvalue weighted by atomic mass is 10.0. The van der Waals surface area contributed by atoms with Gasteiger partial charge in [0.25, 0.3) is 0 Å². The molecular weight excluding hydrogens is 350 g/mol. The summed E-state index contributed by atoms with van der Waals surface area (Å²) < 4.78 is 11.4. The maximum atomic E-state index is 5.95. The normalized spacial score (nSPS) is 15.6. The van der Waals surface area contributed by atoms with Crippen LogP contribution in [0.15, 0.2) is 36.5 Å². The van der Waals surface area contributed by atoms with Crippen LogP contribution in [0.4, 0.5) is 5.69 Å². The number of benzene rings is 1. The standard InChI is InChI=1S/C23H33N3O2/c1-17(2)16-28-23-14-19(5-6-22(23)27-4)15-26-11-8-20(9-12-26)25-21-7-10-24-18(3)13-21/h5-7,10,13-14,17,20H,8-9,11-12,15-16H2,1-4H3,(H,24,25). The summed E-state index contributed by atoms with van der Waals surface area (Å²) in [6.07, 6.45) is 4.16. The van der Waals surface area contributed by atoms with Crippen molar-refractivity contribution in [2.75, 3.05) is 32.1 Å². The second-order valence-electron chi connectivity index (χ2n) is 8.07. The number of anilines is 1. The number of piperidine rings is 1. The number of likely N-dealkylation sites (tertiary alicyclic amines) is 1. The largest absolute Gasteiger partial charge is 0.493 e. The Hall–Kier alpha value is -2.27. The Balaban J connectivity index is 1.53. The molecule has 28 heavy (non-hydrogen) atoms. The Morgan fingerprint density at radius 3 is 2.61 bits per heavy atom. The lowest BCUT2D eigenvalue weighted by Crippen LogP contribution is -2.38. The van der Waals surface area contributed by atoms with Crippen molar-refractivity contribution >= 4 is 5.69 Å². The molecule has 0 atom stereocenters. The average molecular weight is 384 g/mol. The molecule has 0 spiro atoms. The molecule has 1 fully saturated rings. The molecule has 1 aliphatic rings. The number of nitrogens with zero attached hydrogens (tertiary/aromatic N) is 2. The number of nitrogens with one attached hydrogen (secondary N) is 1. The van der Waals surface area contributed by atoms with Gasteiger partial charge in [0, 0.05) is 43.3 Å². The second kappa shape index (κ2) is 9.78. The molecule has 0 amide bonds. The molecule has 2 aromatic rings. The summed E-state index contributed by atoms with van der Waals surface area (Å²) in [5.74, 6) is 2.14. The maximum Gasteiger partial charge on any atom is 0.161 e. The van der Waals surface area contributed by atoms with Gasteiger partial charge in [0.2, 0.25) is 0 Å². The molecule has 3 rings (SSSR count). The van der Waals surface area contributed by atoms with E-state index in [9.17, 15) is 0 Å². The topological polar surface area (TPSA) is 46.6 Å². The molecule has 1 saturated heterocycles. The van der Waals surface area contributed by atoms with Gasteiger partial charge in [-0.05, 0) is 55.5 Å². The molecule has 0 unspecified atom stereocenters. The number of hydrogen-bond acceptors (Lipinski definition) is 5. The highest BCUT2D eigenvalue weighted by Gasteiger charge is 2.19. The number of ether oxygens (including phenoxy) is 2. The van der Waals surface area contributed by atoms with Crippen molar-refractivity contribution in [1.82, 2.24) is 9.88 Å². The molecule has 0 bridgehead atoms. The molecule has 2 heterocycles. The van der Waals surface area contributed by atoms with Crippen LogP contribution >= 0.6 is 0 Å². The number of methoxy groups -OCH3 is 1. The number of aryl methyl sites for hydroxylation is 1. The predicted molar refractivity (Wildman–Crippen MR) is 114 cm³/mol. The lowest BCUT2D eigenvalue weighted by Gasteiger charge is -2.33. The van der Waals surface area contributed by atoms with Crippen molar-refractivity contribution in [2.45, 2.75) is 46.2 Å². The summed E-state index contributed by atoms with van der Waals surface area (Å²) in [6.45, 7) is 10.2. The van der Waals surface area contributed by atoms with Gasteiger partial charge in [0.05, 0.1) is 13.7 Å².